The van der Waals surface area contributed by atoms with Crippen molar-refractivity contribution in [2.24, 2.45) is 17.4 Å². The first-order valence-electron chi connectivity index (χ1n) is 22.1. The topological polar surface area (TPSA) is 259 Å². The molecule has 2 unspecified atom stereocenters. The third-order valence-corrected chi connectivity index (χ3v) is 11.5. The van der Waals surface area contributed by atoms with Crippen molar-refractivity contribution in [1.29, 1.82) is 0 Å². The van der Waals surface area contributed by atoms with E-state index in [1.807, 2.05) is 26.1 Å². The number of nitrogen functional groups attached to an aromatic ring is 1. The minimum Gasteiger partial charge on any atom is -0.496 e. The number of nitrogens with zero attached hydrogens (tertiary/aromatic N) is 5. The number of morpholine rings is 1. The van der Waals surface area contributed by atoms with Crippen molar-refractivity contribution in [3.05, 3.63) is 71.4 Å². The predicted octanol–water partition coefficient (Wildman–Crippen LogP) is 3.75. The van der Waals surface area contributed by atoms with E-state index in [1.54, 1.807) is 36.3 Å². The highest BCUT2D eigenvalue weighted by molar-refractivity contribution is 5.98. The number of aromatic nitrogens is 3. The normalized spacial score (nSPS) is 15.6. The maximum absolute atomic E-state index is 13.2. The van der Waals surface area contributed by atoms with Crippen LogP contribution >= 0.6 is 0 Å². The van der Waals surface area contributed by atoms with Gasteiger partial charge in [0.2, 0.25) is 17.8 Å². The van der Waals surface area contributed by atoms with Gasteiger partial charge < -0.3 is 62.1 Å². The molecule has 2 saturated heterocycles. The van der Waals surface area contributed by atoms with Gasteiger partial charge in [-0.25, -0.2) is 14.6 Å². The fourth-order valence-electron chi connectivity index (χ4n) is 8.00. The van der Waals surface area contributed by atoms with Crippen molar-refractivity contribution in [3.8, 4) is 5.75 Å². The summed E-state index contributed by atoms with van der Waals surface area (Å²) in [5.41, 5.74) is 21.8. The molecule has 2 aromatic heterocycles. The maximum Gasteiger partial charge on any atom is 0.410 e. The number of methoxy groups -OCH3 is 1. The number of urea groups is 1. The molecule has 5 amide bonds. The van der Waals surface area contributed by atoms with Crippen molar-refractivity contribution in [2.75, 3.05) is 69.4 Å². The van der Waals surface area contributed by atoms with Crippen molar-refractivity contribution in [1.82, 2.24) is 35.0 Å². The molecule has 2 fully saturated rings. The standard InChI is InChI=1S/C45H64N12O7/c1-5-6-7-17-49-39-38-34(53-42(47)54-39)16-19-56(38)24-32-13-10-31(22-36(32)62-4)23-55-26-45(27-55)28-57(20-21-64-45)44(61)63-25-30-11-14-33(15-12-30)51-40(58)35(9-8-18-50-43(48)60)52-41(59)37(46)29(2)3/h10-16,19,22,29,35,37H,5-9,17-18,20-21,23-28,46H2,1-4H3,(H,51,58)(H,52,59)(H3,48,50,60)(H3,47,49,53,54). The number of nitrogens with two attached hydrogens (primary N) is 3. The minimum atomic E-state index is -0.889. The Morgan fingerprint density at radius 3 is 2.42 bits per heavy atom. The van der Waals surface area contributed by atoms with E-state index in [-0.39, 0.29) is 31.4 Å². The average Bonchev–Trinajstić information content (AvgIpc) is 3.67. The molecule has 2 aliphatic heterocycles. The number of likely N-dealkylation sites (tertiary alicyclic amines) is 1. The van der Waals surface area contributed by atoms with E-state index in [0.717, 1.165) is 65.1 Å². The molecule has 19 heteroatoms. The summed E-state index contributed by atoms with van der Waals surface area (Å²) in [5.74, 6) is 0.754. The zero-order chi connectivity index (χ0) is 45.8. The number of hydrogen-bond donors (Lipinski definition) is 7. The minimum absolute atomic E-state index is 0.0417. The van der Waals surface area contributed by atoms with E-state index >= 15 is 0 Å². The average molecular weight is 885 g/mol. The summed E-state index contributed by atoms with van der Waals surface area (Å²) in [6.07, 6.45) is 5.54. The van der Waals surface area contributed by atoms with Crippen LogP contribution in [0.1, 0.15) is 69.6 Å². The third-order valence-electron chi connectivity index (χ3n) is 11.5. The molecule has 6 rings (SSSR count). The van der Waals surface area contributed by atoms with Gasteiger partial charge in [0.25, 0.3) is 0 Å². The molecule has 4 heterocycles. The number of nitrogens with one attached hydrogen (secondary N) is 4. The summed E-state index contributed by atoms with van der Waals surface area (Å²) in [6.45, 7) is 10.8. The fraction of sp³-hybridized carbons (Fsp3) is 0.511. The molecule has 2 aromatic carbocycles. The van der Waals surface area contributed by atoms with Gasteiger partial charge in [-0.1, -0.05) is 57.9 Å². The van der Waals surface area contributed by atoms with Gasteiger partial charge in [-0.15, -0.1) is 0 Å². The molecule has 4 aromatic rings. The van der Waals surface area contributed by atoms with E-state index in [2.05, 4.69) is 65.8 Å². The van der Waals surface area contributed by atoms with Gasteiger partial charge in [-0.2, -0.15) is 4.98 Å². The van der Waals surface area contributed by atoms with E-state index in [4.69, 9.17) is 31.4 Å². The Balaban J connectivity index is 0.973. The second-order valence-corrected chi connectivity index (χ2v) is 17.0. The monoisotopic (exact) mass is 885 g/mol. The third kappa shape index (κ3) is 12.5. The van der Waals surface area contributed by atoms with Crippen LogP contribution in [-0.4, -0.2) is 119 Å². The van der Waals surface area contributed by atoms with E-state index in [1.165, 1.54) is 0 Å². The number of fused-ring (bicyclic) bond motifs is 1. The van der Waals surface area contributed by atoms with Gasteiger partial charge in [0.1, 0.15) is 29.5 Å². The summed E-state index contributed by atoms with van der Waals surface area (Å²) in [4.78, 5) is 63.2. The van der Waals surface area contributed by atoms with Crippen LogP contribution in [0.15, 0.2) is 54.7 Å². The highest BCUT2D eigenvalue weighted by atomic mass is 16.6. The molecule has 10 N–H and O–H groups in total. The smallest absolute Gasteiger partial charge is 0.410 e. The van der Waals surface area contributed by atoms with E-state index < -0.39 is 41.6 Å². The lowest BCUT2D eigenvalue weighted by Gasteiger charge is -2.53. The van der Waals surface area contributed by atoms with Crippen LogP contribution in [0.3, 0.4) is 0 Å². The summed E-state index contributed by atoms with van der Waals surface area (Å²) in [7, 11) is 1.68. The van der Waals surface area contributed by atoms with Crippen LogP contribution in [0.5, 0.6) is 5.75 Å². The summed E-state index contributed by atoms with van der Waals surface area (Å²) in [6, 6.07) is 12.8. The number of rotatable bonds is 21. The van der Waals surface area contributed by atoms with Crippen LogP contribution in [0.4, 0.5) is 27.0 Å². The molecule has 19 nitrogen and oxygen atoms in total. The molecule has 2 aliphatic rings. The van der Waals surface area contributed by atoms with Gasteiger partial charge in [-0.05, 0) is 60.6 Å². The van der Waals surface area contributed by atoms with Crippen LogP contribution in [0.2, 0.25) is 0 Å². The molecular formula is C45H64N12O7. The fourth-order valence-corrected chi connectivity index (χ4v) is 8.00. The van der Waals surface area contributed by atoms with Crippen LogP contribution in [0.25, 0.3) is 11.0 Å². The Morgan fingerprint density at radius 2 is 1.70 bits per heavy atom. The molecule has 0 saturated carbocycles. The number of amides is 5. The van der Waals surface area contributed by atoms with Crippen molar-refractivity contribution < 1.29 is 33.4 Å². The lowest BCUT2D eigenvalue weighted by molar-refractivity contribution is -0.181. The highest BCUT2D eigenvalue weighted by Gasteiger charge is 2.48. The molecular weight excluding hydrogens is 821 g/mol. The summed E-state index contributed by atoms with van der Waals surface area (Å²) < 4.78 is 19.9. The Kier molecular flexibility index (Phi) is 16.2. The Labute approximate surface area is 374 Å². The number of anilines is 3. The molecule has 1 spiro atoms. The van der Waals surface area contributed by atoms with Gasteiger partial charge in [0.05, 0.1) is 38.4 Å². The quantitative estimate of drug-likeness (QED) is 0.0589. The molecule has 64 heavy (non-hydrogen) atoms. The summed E-state index contributed by atoms with van der Waals surface area (Å²) >= 11 is 0. The largest absolute Gasteiger partial charge is 0.496 e. The molecule has 0 bridgehead atoms. The van der Waals surface area contributed by atoms with Gasteiger partial charge in [-0.3, -0.25) is 14.5 Å². The summed E-state index contributed by atoms with van der Waals surface area (Å²) in [5, 5.41) is 11.5. The number of carbonyl (C=O) groups is 4. The number of hydrogen-bond acceptors (Lipinski definition) is 13. The molecule has 2 atom stereocenters. The van der Waals surface area contributed by atoms with Crippen molar-refractivity contribution >= 4 is 52.4 Å². The number of ether oxygens (including phenoxy) is 3. The van der Waals surface area contributed by atoms with Crippen molar-refractivity contribution in [3.63, 3.8) is 0 Å². The lowest BCUT2D eigenvalue weighted by Crippen LogP contribution is -2.70. The zero-order valence-electron chi connectivity index (χ0n) is 37.4. The van der Waals surface area contributed by atoms with E-state index in [9.17, 15) is 19.2 Å². The van der Waals surface area contributed by atoms with Gasteiger partial charge in [0.15, 0.2) is 5.82 Å². The first-order valence-corrected chi connectivity index (χ1v) is 22.1. The van der Waals surface area contributed by atoms with E-state index in [0.29, 0.717) is 58.0 Å². The number of benzene rings is 2. The zero-order valence-corrected chi connectivity index (χ0v) is 37.4. The van der Waals surface area contributed by atoms with Gasteiger partial charge >= 0.3 is 12.1 Å². The highest BCUT2D eigenvalue weighted by Crippen LogP contribution is 2.33. The van der Waals surface area contributed by atoms with Crippen LogP contribution in [0, 0.1) is 5.92 Å². The Bertz CT molecular complexity index is 2230. The lowest BCUT2D eigenvalue weighted by atomic mass is 9.91. The number of unbranched alkanes of at least 4 members (excludes halogenated alkanes) is 2. The Hall–Kier alpha value is -6.18. The predicted molar refractivity (Wildman–Crippen MR) is 244 cm³/mol. The maximum atomic E-state index is 13.2. The molecule has 0 aliphatic carbocycles. The molecule has 0 radical (unpaired) electrons. The van der Waals surface area contributed by atoms with Gasteiger partial charge in [0, 0.05) is 56.7 Å². The Morgan fingerprint density at radius 1 is 0.938 bits per heavy atom. The number of primary amides is 1. The van der Waals surface area contributed by atoms with Crippen LogP contribution in [-0.2, 0) is 38.8 Å². The molecule has 346 valence electrons. The van der Waals surface area contributed by atoms with Crippen LogP contribution < -0.4 is 43.2 Å². The number of carbonyl (C=O) groups excluding carboxylic acids is 4. The first kappa shape index (κ1) is 47.3. The second-order valence-electron chi connectivity index (χ2n) is 17.0. The first-order chi connectivity index (χ1) is 30.8. The SMILES string of the molecule is CCCCCNc1nc(N)nc2ccn(Cc3ccc(CN4CC5(C4)CN(C(=O)OCc4ccc(NC(=O)C(CCCNC(N)=O)NC(=O)C(N)C(C)C)cc4)CCO5)cc3OC)c12. The van der Waals surface area contributed by atoms with Crippen molar-refractivity contribution in [2.45, 2.75) is 90.3 Å². The second kappa shape index (κ2) is 21.9.